The van der Waals surface area contributed by atoms with E-state index >= 15 is 0 Å². The van der Waals surface area contributed by atoms with Crippen molar-refractivity contribution in [2.45, 2.75) is 18.9 Å². The Morgan fingerprint density at radius 1 is 1.36 bits per heavy atom. The number of anilines is 1. The molecule has 1 aromatic heterocycles. The van der Waals surface area contributed by atoms with Gasteiger partial charge < -0.3 is 5.32 Å². The molecule has 0 aliphatic carbocycles. The van der Waals surface area contributed by atoms with Gasteiger partial charge in [0.25, 0.3) is 0 Å². The van der Waals surface area contributed by atoms with E-state index in [0.29, 0.717) is 11.8 Å². The Bertz CT molecular complexity index is 252. The molecule has 0 saturated heterocycles. The van der Waals surface area contributed by atoms with E-state index in [4.69, 9.17) is 23.2 Å². The molecule has 14 heavy (non-hydrogen) atoms. The quantitative estimate of drug-likeness (QED) is 0.790. The van der Waals surface area contributed by atoms with Gasteiger partial charge in [-0.3, -0.25) is 0 Å². The Hall–Kier alpha value is -0.470. The van der Waals surface area contributed by atoms with Crippen LogP contribution in [0.5, 0.6) is 0 Å². The van der Waals surface area contributed by atoms with Crippen LogP contribution in [0.4, 0.5) is 5.82 Å². The molecule has 0 radical (unpaired) electrons. The molecule has 0 atom stereocenters. The van der Waals surface area contributed by atoms with E-state index in [-0.39, 0.29) is 5.54 Å². The number of nitrogens with one attached hydrogen (secondary N) is 1. The van der Waals surface area contributed by atoms with E-state index in [1.165, 1.54) is 0 Å². The molecular formula is C10H14Cl2N2. The molecule has 1 aromatic rings. The highest BCUT2D eigenvalue weighted by Crippen LogP contribution is 2.20. The molecule has 0 saturated carbocycles. The predicted molar refractivity (Wildman–Crippen MR) is 62.3 cm³/mol. The van der Waals surface area contributed by atoms with E-state index in [0.717, 1.165) is 12.2 Å². The SMILES string of the molecule is CCC(CCl)(CCl)Nc1ccccn1. The number of nitrogens with zero attached hydrogens (tertiary/aromatic N) is 1. The van der Waals surface area contributed by atoms with Gasteiger partial charge in [0.05, 0.1) is 5.54 Å². The van der Waals surface area contributed by atoms with Gasteiger partial charge in [-0.15, -0.1) is 23.2 Å². The molecule has 78 valence electrons. The van der Waals surface area contributed by atoms with E-state index in [1.54, 1.807) is 6.20 Å². The number of pyridine rings is 1. The number of rotatable bonds is 5. The Balaban J connectivity index is 2.74. The molecule has 1 rings (SSSR count). The van der Waals surface area contributed by atoms with Crippen LogP contribution in [0.15, 0.2) is 24.4 Å². The summed E-state index contributed by atoms with van der Waals surface area (Å²) in [5, 5.41) is 3.27. The first kappa shape index (κ1) is 11.6. The minimum absolute atomic E-state index is 0.253. The van der Waals surface area contributed by atoms with Crippen molar-refractivity contribution in [3.8, 4) is 0 Å². The average molecular weight is 233 g/mol. The largest absolute Gasteiger partial charge is 0.362 e. The third-order valence-electron chi connectivity index (χ3n) is 2.25. The second kappa shape index (κ2) is 5.42. The van der Waals surface area contributed by atoms with Gasteiger partial charge in [0.15, 0.2) is 0 Å². The standard InChI is InChI=1S/C10H14Cl2N2/c1-2-10(7-11,8-12)14-9-5-3-4-6-13-9/h3-6H,2,7-8H2,1H3,(H,13,14). The summed E-state index contributed by atoms with van der Waals surface area (Å²) in [5.41, 5.74) is -0.253. The third-order valence-corrected chi connectivity index (χ3v) is 3.27. The lowest BCUT2D eigenvalue weighted by Gasteiger charge is -2.29. The Kier molecular flexibility index (Phi) is 4.49. The van der Waals surface area contributed by atoms with Crippen molar-refractivity contribution in [3.63, 3.8) is 0 Å². The summed E-state index contributed by atoms with van der Waals surface area (Å²) in [6.45, 7) is 2.06. The molecule has 0 aromatic carbocycles. The molecule has 0 fully saturated rings. The smallest absolute Gasteiger partial charge is 0.126 e. The normalized spacial score (nSPS) is 11.4. The van der Waals surface area contributed by atoms with Gasteiger partial charge in [0.2, 0.25) is 0 Å². The van der Waals surface area contributed by atoms with E-state index in [2.05, 4.69) is 17.2 Å². The van der Waals surface area contributed by atoms with Crippen molar-refractivity contribution in [2.24, 2.45) is 0 Å². The predicted octanol–water partition coefficient (Wildman–Crippen LogP) is 3.12. The van der Waals surface area contributed by atoms with Crippen molar-refractivity contribution >= 4 is 29.0 Å². The highest BCUT2D eigenvalue weighted by atomic mass is 35.5. The lowest BCUT2D eigenvalue weighted by molar-refractivity contribution is 0.558. The zero-order valence-corrected chi connectivity index (χ0v) is 9.65. The van der Waals surface area contributed by atoms with Crippen LogP contribution in [0.25, 0.3) is 0 Å². The summed E-state index contributed by atoms with van der Waals surface area (Å²) < 4.78 is 0. The fraction of sp³-hybridized carbons (Fsp3) is 0.500. The number of alkyl halides is 2. The van der Waals surface area contributed by atoms with E-state index in [9.17, 15) is 0 Å². The number of hydrogen-bond donors (Lipinski definition) is 1. The highest BCUT2D eigenvalue weighted by Gasteiger charge is 2.26. The van der Waals surface area contributed by atoms with Gasteiger partial charge in [-0.1, -0.05) is 13.0 Å². The summed E-state index contributed by atoms with van der Waals surface area (Å²) in [7, 11) is 0. The lowest BCUT2D eigenvalue weighted by Crippen LogP contribution is -2.41. The van der Waals surface area contributed by atoms with Crippen LogP contribution >= 0.6 is 23.2 Å². The van der Waals surface area contributed by atoms with Crippen LogP contribution in [-0.2, 0) is 0 Å². The minimum atomic E-state index is -0.253. The van der Waals surface area contributed by atoms with Crippen molar-refractivity contribution in [3.05, 3.63) is 24.4 Å². The minimum Gasteiger partial charge on any atom is -0.362 e. The van der Waals surface area contributed by atoms with Crippen LogP contribution < -0.4 is 5.32 Å². The molecule has 1 heterocycles. The second-order valence-electron chi connectivity index (χ2n) is 3.24. The molecule has 1 N–H and O–H groups in total. The fourth-order valence-corrected chi connectivity index (χ4v) is 1.89. The molecule has 0 spiro atoms. The lowest BCUT2D eigenvalue weighted by atomic mass is 10.0. The van der Waals surface area contributed by atoms with Gasteiger partial charge in [0.1, 0.15) is 5.82 Å². The molecule has 0 amide bonds. The van der Waals surface area contributed by atoms with Crippen LogP contribution in [-0.4, -0.2) is 22.3 Å². The van der Waals surface area contributed by atoms with Crippen molar-refractivity contribution < 1.29 is 0 Å². The van der Waals surface area contributed by atoms with Crippen LogP contribution in [0.3, 0.4) is 0 Å². The first-order valence-corrected chi connectivity index (χ1v) is 5.64. The maximum Gasteiger partial charge on any atom is 0.126 e. The average Bonchev–Trinajstić information content (AvgIpc) is 2.28. The van der Waals surface area contributed by atoms with Gasteiger partial charge in [-0.25, -0.2) is 4.98 Å². The zero-order valence-electron chi connectivity index (χ0n) is 8.13. The van der Waals surface area contributed by atoms with Crippen LogP contribution in [0.2, 0.25) is 0 Å². The maximum atomic E-state index is 5.90. The summed E-state index contributed by atoms with van der Waals surface area (Å²) in [6, 6.07) is 5.71. The maximum absolute atomic E-state index is 5.90. The molecule has 4 heteroatoms. The van der Waals surface area contributed by atoms with Gasteiger partial charge in [0, 0.05) is 18.0 Å². The fourth-order valence-electron chi connectivity index (χ4n) is 1.09. The van der Waals surface area contributed by atoms with E-state index < -0.39 is 0 Å². The number of aromatic nitrogens is 1. The molecular weight excluding hydrogens is 219 g/mol. The summed E-state index contributed by atoms with van der Waals surface area (Å²) in [6.07, 6.45) is 2.61. The van der Waals surface area contributed by atoms with Crippen LogP contribution in [0.1, 0.15) is 13.3 Å². The third kappa shape index (κ3) is 2.76. The van der Waals surface area contributed by atoms with Crippen molar-refractivity contribution in [2.75, 3.05) is 17.1 Å². The number of halogens is 2. The van der Waals surface area contributed by atoms with E-state index in [1.807, 2.05) is 18.2 Å². The molecule has 0 aliphatic rings. The molecule has 2 nitrogen and oxygen atoms in total. The van der Waals surface area contributed by atoms with Gasteiger partial charge in [-0.2, -0.15) is 0 Å². The van der Waals surface area contributed by atoms with Crippen LogP contribution in [0, 0.1) is 0 Å². The second-order valence-corrected chi connectivity index (χ2v) is 3.78. The zero-order chi connectivity index (χ0) is 10.4. The monoisotopic (exact) mass is 232 g/mol. The van der Waals surface area contributed by atoms with Crippen molar-refractivity contribution in [1.29, 1.82) is 0 Å². The Morgan fingerprint density at radius 3 is 2.50 bits per heavy atom. The highest BCUT2D eigenvalue weighted by molar-refractivity contribution is 6.22. The first-order valence-electron chi connectivity index (χ1n) is 4.57. The Morgan fingerprint density at radius 2 is 2.07 bits per heavy atom. The molecule has 0 unspecified atom stereocenters. The summed E-state index contributed by atoms with van der Waals surface area (Å²) >= 11 is 11.8. The Labute approximate surface area is 94.6 Å². The van der Waals surface area contributed by atoms with Gasteiger partial charge >= 0.3 is 0 Å². The van der Waals surface area contributed by atoms with Crippen molar-refractivity contribution in [1.82, 2.24) is 4.98 Å². The summed E-state index contributed by atoms with van der Waals surface area (Å²) in [4.78, 5) is 4.18. The summed E-state index contributed by atoms with van der Waals surface area (Å²) in [5.74, 6) is 1.77. The molecule has 0 bridgehead atoms. The first-order chi connectivity index (χ1) is 6.76. The molecule has 0 aliphatic heterocycles. The number of hydrogen-bond acceptors (Lipinski definition) is 2. The van der Waals surface area contributed by atoms with Gasteiger partial charge in [-0.05, 0) is 18.6 Å². The topological polar surface area (TPSA) is 24.9 Å².